The minimum atomic E-state index is -0.769. The Morgan fingerprint density at radius 1 is 1.25 bits per heavy atom. The molecule has 4 nitrogen and oxygen atoms in total. The van der Waals surface area contributed by atoms with Crippen LogP contribution in [0.3, 0.4) is 0 Å². The van der Waals surface area contributed by atoms with E-state index >= 15 is 0 Å². The summed E-state index contributed by atoms with van der Waals surface area (Å²) < 4.78 is 13.3. The third kappa shape index (κ3) is 2.86. The molecule has 1 amide bonds. The van der Waals surface area contributed by atoms with E-state index < -0.39 is 11.7 Å². The van der Waals surface area contributed by atoms with Gasteiger partial charge < -0.3 is 15.5 Å². The van der Waals surface area contributed by atoms with E-state index in [4.69, 9.17) is 11.6 Å². The Balaban J connectivity index is 2.38. The van der Waals surface area contributed by atoms with Gasteiger partial charge in [0.1, 0.15) is 22.9 Å². The van der Waals surface area contributed by atoms with Crippen molar-refractivity contribution in [3.63, 3.8) is 0 Å². The van der Waals surface area contributed by atoms with Crippen LogP contribution in [0.15, 0.2) is 34.8 Å². The fraction of sp³-hybridized carbons (Fsp3) is 0. The standard InChI is InChI=1S/C13H8BrClFNO3/c14-7-4-6(16)5-8(15)12(7)17-13(20)11-9(18)2-1-3-10(11)19/h1-5,18-19H,(H,17,20). The number of carbonyl (C=O) groups excluding carboxylic acids is 1. The number of halogens is 3. The summed E-state index contributed by atoms with van der Waals surface area (Å²) in [7, 11) is 0. The van der Waals surface area contributed by atoms with Crippen LogP contribution in [-0.2, 0) is 0 Å². The summed E-state index contributed by atoms with van der Waals surface area (Å²) in [5.74, 6) is -2.09. The topological polar surface area (TPSA) is 69.6 Å². The molecular formula is C13H8BrClFNO3. The Kier molecular flexibility index (Phi) is 4.15. The maximum absolute atomic E-state index is 13.1. The molecule has 0 aliphatic carbocycles. The lowest BCUT2D eigenvalue weighted by Crippen LogP contribution is -2.13. The summed E-state index contributed by atoms with van der Waals surface area (Å²) in [4.78, 5) is 12.0. The normalized spacial score (nSPS) is 10.3. The second-order valence-corrected chi connectivity index (χ2v) is 5.13. The molecule has 0 fully saturated rings. The Morgan fingerprint density at radius 3 is 2.40 bits per heavy atom. The molecule has 0 aliphatic rings. The van der Waals surface area contributed by atoms with E-state index in [9.17, 15) is 19.4 Å². The van der Waals surface area contributed by atoms with E-state index in [-0.39, 0.29) is 32.2 Å². The number of hydrogen-bond donors (Lipinski definition) is 3. The molecule has 7 heteroatoms. The molecule has 0 aromatic heterocycles. The molecule has 3 N–H and O–H groups in total. The first-order chi connectivity index (χ1) is 9.40. The highest BCUT2D eigenvalue weighted by Crippen LogP contribution is 2.34. The molecule has 0 aliphatic heterocycles. The van der Waals surface area contributed by atoms with Crippen LogP contribution in [0.5, 0.6) is 11.5 Å². The zero-order valence-corrected chi connectivity index (χ0v) is 12.2. The first-order valence-corrected chi connectivity index (χ1v) is 6.54. The molecule has 0 radical (unpaired) electrons. The van der Waals surface area contributed by atoms with Gasteiger partial charge in [-0.05, 0) is 40.2 Å². The summed E-state index contributed by atoms with van der Waals surface area (Å²) in [5.41, 5.74) is -0.152. The minimum Gasteiger partial charge on any atom is -0.507 e. The van der Waals surface area contributed by atoms with Gasteiger partial charge >= 0.3 is 0 Å². The van der Waals surface area contributed by atoms with Gasteiger partial charge in [-0.15, -0.1) is 0 Å². The lowest BCUT2D eigenvalue weighted by atomic mass is 10.1. The molecule has 0 heterocycles. The summed E-state index contributed by atoms with van der Waals surface area (Å²) in [6.45, 7) is 0. The quantitative estimate of drug-likeness (QED) is 0.760. The van der Waals surface area contributed by atoms with Gasteiger partial charge in [-0.25, -0.2) is 4.39 Å². The van der Waals surface area contributed by atoms with E-state index in [2.05, 4.69) is 21.2 Å². The SMILES string of the molecule is O=C(Nc1c(Cl)cc(F)cc1Br)c1c(O)cccc1O. The predicted molar refractivity (Wildman–Crippen MR) is 76.8 cm³/mol. The van der Waals surface area contributed by atoms with Crippen LogP contribution in [0.25, 0.3) is 0 Å². The number of anilines is 1. The molecule has 0 spiro atoms. The maximum Gasteiger partial charge on any atom is 0.263 e. The van der Waals surface area contributed by atoms with Crippen LogP contribution in [0.4, 0.5) is 10.1 Å². The van der Waals surface area contributed by atoms with Crippen molar-refractivity contribution in [2.24, 2.45) is 0 Å². The third-order valence-corrected chi connectivity index (χ3v) is 3.42. The van der Waals surface area contributed by atoms with Crippen molar-refractivity contribution in [3.8, 4) is 11.5 Å². The highest BCUT2D eigenvalue weighted by atomic mass is 79.9. The van der Waals surface area contributed by atoms with Crippen LogP contribution in [0.2, 0.25) is 5.02 Å². The maximum atomic E-state index is 13.1. The van der Waals surface area contributed by atoms with Gasteiger partial charge in [0, 0.05) is 4.47 Å². The van der Waals surface area contributed by atoms with Gasteiger partial charge in [-0.1, -0.05) is 17.7 Å². The molecule has 2 aromatic carbocycles. The van der Waals surface area contributed by atoms with Crippen molar-refractivity contribution in [2.45, 2.75) is 0 Å². The van der Waals surface area contributed by atoms with Crippen molar-refractivity contribution in [2.75, 3.05) is 5.32 Å². The van der Waals surface area contributed by atoms with Gasteiger partial charge in [0.2, 0.25) is 0 Å². The summed E-state index contributed by atoms with van der Waals surface area (Å²) in [6.07, 6.45) is 0. The van der Waals surface area contributed by atoms with Gasteiger partial charge in [0.15, 0.2) is 0 Å². The Bertz CT molecular complexity index is 650. The Labute approximate surface area is 126 Å². The summed E-state index contributed by atoms with van der Waals surface area (Å²) >= 11 is 8.91. The third-order valence-electron chi connectivity index (χ3n) is 2.49. The monoisotopic (exact) mass is 359 g/mol. The number of carbonyl (C=O) groups is 1. The molecule has 0 saturated heterocycles. The number of rotatable bonds is 2. The zero-order chi connectivity index (χ0) is 14.9. The number of amides is 1. The molecule has 104 valence electrons. The highest BCUT2D eigenvalue weighted by molar-refractivity contribution is 9.10. The van der Waals surface area contributed by atoms with Gasteiger partial charge in [0.05, 0.1) is 10.7 Å². The van der Waals surface area contributed by atoms with Crippen molar-refractivity contribution >= 4 is 39.1 Å². The van der Waals surface area contributed by atoms with Crippen molar-refractivity contribution in [1.82, 2.24) is 0 Å². The number of benzene rings is 2. The first-order valence-electron chi connectivity index (χ1n) is 5.37. The van der Waals surface area contributed by atoms with Gasteiger partial charge in [0.25, 0.3) is 5.91 Å². The van der Waals surface area contributed by atoms with E-state index in [1.165, 1.54) is 18.2 Å². The molecule has 2 rings (SSSR count). The molecule has 0 bridgehead atoms. The van der Waals surface area contributed by atoms with Crippen LogP contribution in [0.1, 0.15) is 10.4 Å². The lowest BCUT2D eigenvalue weighted by Gasteiger charge is -2.11. The van der Waals surface area contributed by atoms with Crippen molar-refractivity contribution in [1.29, 1.82) is 0 Å². The van der Waals surface area contributed by atoms with Crippen LogP contribution in [-0.4, -0.2) is 16.1 Å². The number of phenolic OH excluding ortho intramolecular Hbond substituents is 2. The average molecular weight is 361 g/mol. The second-order valence-electron chi connectivity index (χ2n) is 3.87. The molecule has 0 saturated carbocycles. The molecule has 2 aromatic rings. The molecule has 20 heavy (non-hydrogen) atoms. The van der Waals surface area contributed by atoms with Crippen molar-refractivity contribution in [3.05, 3.63) is 51.2 Å². The number of aromatic hydroxyl groups is 2. The molecule has 0 atom stereocenters. The summed E-state index contributed by atoms with van der Waals surface area (Å²) in [5, 5.41) is 21.6. The number of hydrogen-bond acceptors (Lipinski definition) is 3. The second kappa shape index (κ2) is 5.68. The van der Waals surface area contributed by atoms with Crippen LogP contribution < -0.4 is 5.32 Å². The zero-order valence-electron chi connectivity index (χ0n) is 9.82. The smallest absolute Gasteiger partial charge is 0.263 e. The fourth-order valence-electron chi connectivity index (χ4n) is 1.60. The number of phenols is 2. The lowest BCUT2D eigenvalue weighted by molar-refractivity contribution is 0.102. The Hall–Kier alpha value is -1.79. The fourth-order valence-corrected chi connectivity index (χ4v) is 2.50. The Morgan fingerprint density at radius 2 is 1.85 bits per heavy atom. The minimum absolute atomic E-state index is 0.0138. The largest absolute Gasteiger partial charge is 0.507 e. The molecular weight excluding hydrogens is 353 g/mol. The number of nitrogens with one attached hydrogen (secondary N) is 1. The first kappa shape index (κ1) is 14.6. The van der Waals surface area contributed by atoms with E-state index in [1.807, 2.05) is 0 Å². The van der Waals surface area contributed by atoms with E-state index in [1.54, 1.807) is 0 Å². The van der Waals surface area contributed by atoms with Crippen LogP contribution >= 0.6 is 27.5 Å². The van der Waals surface area contributed by atoms with E-state index in [0.29, 0.717) is 0 Å². The summed E-state index contributed by atoms with van der Waals surface area (Å²) in [6, 6.07) is 6.08. The van der Waals surface area contributed by atoms with Crippen LogP contribution in [0, 0.1) is 5.82 Å². The highest BCUT2D eigenvalue weighted by Gasteiger charge is 2.18. The van der Waals surface area contributed by atoms with Crippen molar-refractivity contribution < 1.29 is 19.4 Å². The predicted octanol–water partition coefficient (Wildman–Crippen LogP) is 3.91. The van der Waals surface area contributed by atoms with Gasteiger partial charge in [-0.2, -0.15) is 0 Å². The van der Waals surface area contributed by atoms with E-state index in [0.717, 1.165) is 12.1 Å². The molecule has 0 unspecified atom stereocenters. The van der Waals surface area contributed by atoms with Gasteiger partial charge in [-0.3, -0.25) is 4.79 Å². The average Bonchev–Trinajstić information content (AvgIpc) is 2.33.